The number of carboxylic acid groups (broad SMARTS) is 1. The minimum absolute atomic E-state index is 0.141. The zero-order chi connectivity index (χ0) is 14.3. The molecule has 0 aromatic rings. The molecule has 7 nitrogen and oxygen atoms in total. The Kier molecular flexibility index (Phi) is 6.28. The number of ether oxygens (including phenoxy) is 1. The molecule has 0 radical (unpaired) electrons. The van der Waals surface area contributed by atoms with Crippen molar-refractivity contribution in [1.82, 2.24) is 0 Å². The molecule has 0 heterocycles. The Hall–Kier alpha value is -1.67. The standard InChI is InChI=1S/C10H14O7S/c1-3-5-7(10(13)17-6-4-2)8(9(11)12)18(14,15)16/h4H,2-3,5-6H2,1H3,(H,11,12)(H,14,15,16)/b8-7+. The van der Waals surface area contributed by atoms with E-state index in [1.165, 1.54) is 6.08 Å². The van der Waals surface area contributed by atoms with Crippen molar-refractivity contribution in [3.63, 3.8) is 0 Å². The lowest BCUT2D eigenvalue weighted by atomic mass is 10.1. The van der Waals surface area contributed by atoms with Gasteiger partial charge in [0.25, 0.3) is 0 Å². The molecule has 0 fully saturated rings. The summed E-state index contributed by atoms with van der Waals surface area (Å²) in [5.41, 5.74) is -0.589. The van der Waals surface area contributed by atoms with Crippen LogP contribution in [0.2, 0.25) is 0 Å². The average molecular weight is 278 g/mol. The molecule has 0 saturated carbocycles. The van der Waals surface area contributed by atoms with Crippen molar-refractivity contribution in [1.29, 1.82) is 0 Å². The van der Waals surface area contributed by atoms with Crippen molar-refractivity contribution in [2.45, 2.75) is 19.8 Å². The van der Waals surface area contributed by atoms with E-state index in [9.17, 15) is 18.0 Å². The number of aliphatic carboxylic acids is 1. The third kappa shape index (κ3) is 4.68. The smallest absolute Gasteiger partial charge is 0.350 e. The van der Waals surface area contributed by atoms with E-state index in [-0.39, 0.29) is 13.0 Å². The van der Waals surface area contributed by atoms with E-state index in [4.69, 9.17) is 9.66 Å². The Balaban J connectivity index is 5.70. The van der Waals surface area contributed by atoms with Crippen molar-refractivity contribution < 1.29 is 32.4 Å². The summed E-state index contributed by atoms with van der Waals surface area (Å²) in [4.78, 5) is 21.0. The van der Waals surface area contributed by atoms with Gasteiger partial charge in [0.2, 0.25) is 0 Å². The molecular weight excluding hydrogens is 264 g/mol. The molecule has 0 bridgehead atoms. The minimum Gasteiger partial charge on any atom is -0.477 e. The monoisotopic (exact) mass is 278 g/mol. The minimum atomic E-state index is -5.00. The van der Waals surface area contributed by atoms with Crippen LogP contribution in [-0.2, 0) is 24.4 Å². The Morgan fingerprint density at radius 3 is 2.28 bits per heavy atom. The molecule has 0 amide bonds. The predicted octanol–water partition coefficient (Wildman–Crippen LogP) is 0.742. The van der Waals surface area contributed by atoms with E-state index in [0.717, 1.165) is 0 Å². The molecule has 0 unspecified atom stereocenters. The second-order valence-corrected chi connectivity index (χ2v) is 4.58. The summed E-state index contributed by atoms with van der Waals surface area (Å²) in [6, 6.07) is 0. The third-order valence-corrected chi connectivity index (χ3v) is 2.74. The summed E-state index contributed by atoms with van der Waals surface area (Å²) in [5, 5.41) is 8.76. The van der Waals surface area contributed by atoms with E-state index in [1.54, 1.807) is 6.92 Å². The van der Waals surface area contributed by atoms with Crippen LogP contribution in [0, 0.1) is 0 Å². The molecule has 0 saturated heterocycles. The Labute approximate surface area is 105 Å². The van der Waals surface area contributed by atoms with Crippen LogP contribution in [-0.4, -0.2) is 36.6 Å². The second kappa shape index (κ2) is 6.92. The summed E-state index contributed by atoms with van der Waals surface area (Å²) >= 11 is 0. The van der Waals surface area contributed by atoms with Gasteiger partial charge in [-0.1, -0.05) is 26.0 Å². The van der Waals surface area contributed by atoms with Crippen LogP contribution in [0.3, 0.4) is 0 Å². The molecule has 2 N–H and O–H groups in total. The highest BCUT2D eigenvalue weighted by Gasteiger charge is 2.30. The summed E-state index contributed by atoms with van der Waals surface area (Å²) in [5.74, 6) is -3.01. The maximum Gasteiger partial charge on any atom is 0.350 e. The molecule has 0 aliphatic heterocycles. The first-order valence-electron chi connectivity index (χ1n) is 4.97. The van der Waals surface area contributed by atoms with Crippen LogP contribution >= 0.6 is 0 Å². The van der Waals surface area contributed by atoms with E-state index >= 15 is 0 Å². The number of rotatable bonds is 7. The molecule has 0 rings (SSSR count). The quantitative estimate of drug-likeness (QED) is 0.305. The van der Waals surface area contributed by atoms with E-state index in [0.29, 0.717) is 6.42 Å². The van der Waals surface area contributed by atoms with Crippen LogP contribution in [0.1, 0.15) is 19.8 Å². The van der Waals surface area contributed by atoms with Gasteiger partial charge in [-0.3, -0.25) is 4.55 Å². The number of esters is 1. The van der Waals surface area contributed by atoms with Gasteiger partial charge in [-0.15, -0.1) is 0 Å². The number of carbonyl (C=O) groups is 2. The van der Waals surface area contributed by atoms with Gasteiger partial charge in [-0.2, -0.15) is 8.42 Å². The molecule has 0 atom stereocenters. The largest absolute Gasteiger partial charge is 0.477 e. The van der Waals surface area contributed by atoms with Gasteiger partial charge in [0.15, 0.2) is 4.91 Å². The van der Waals surface area contributed by atoms with Gasteiger partial charge in [0.1, 0.15) is 6.61 Å². The van der Waals surface area contributed by atoms with Crippen LogP contribution in [0.5, 0.6) is 0 Å². The summed E-state index contributed by atoms with van der Waals surface area (Å²) in [6.45, 7) is 4.71. The van der Waals surface area contributed by atoms with Crippen LogP contribution in [0.4, 0.5) is 0 Å². The fourth-order valence-corrected chi connectivity index (χ4v) is 1.89. The van der Waals surface area contributed by atoms with Gasteiger partial charge in [-0.25, -0.2) is 9.59 Å². The van der Waals surface area contributed by atoms with E-state index < -0.39 is 32.5 Å². The number of carbonyl (C=O) groups excluding carboxylic acids is 1. The highest BCUT2D eigenvalue weighted by Crippen LogP contribution is 2.18. The Morgan fingerprint density at radius 1 is 1.39 bits per heavy atom. The fourth-order valence-electron chi connectivity index (χ4n) is 1.18. The Morgan fingerprint density at radius 2 is 1.94 bits per heavy atom. The lowest BCUT2D eigenvalue weighted by molar-refractivity contribution is -0.139. The molecule has 0 aliphatic rings. The molecular formula is C10H14O7S. The number of hydrogen-bond donors (Lipinski definition) is 2. The normalized spacial score (nSPS) is 12.6. The van der Waals surface area contributed by atoms with E-state index in [1.807, 2.05) is 0 Å². The summed E-state index contributed by atoms with van der Waals surface area (Å²) in [6.07, 6.45) is 1.41. The van der Waals surface area contributed by atoms with Crippen molar-refractivity contribution in [2.75, 3.05) is 6.61 Å². The van der Waals surface area contributed by atoms with Crippen molar-refractivity contribution >= 4 is 22.1 Å². The van der Waals surface area contributed by atoms with Gasteiger partial charge >= 0.3 is 22.1 Å². The fraction of sp³-hybridized carbons (Fsp3) is 0.400. The second-order valence-electron chi connectivity index (χ2n) is 3.23. The molecule has 0 aromatic carbocycles. The maximum atomic E-state index is 11.5. The molecule has 0 aliphatic carbocycles. The number of hydrogen-bond acceptors (Lipinski definition) is 5. The van der Waals surface area contributed by atoms with Crippen LogP contribution in [0.15, 0.2) is 23.1 Å². The van der Waals surface area contributed by atoms with Crippen molar-refractivity contribution in [3.8, 4) is 0 Å². The SMILES string of the molecule is C=CCOC(=O)/C(CCC)=C(\C(=O)O)S(=O)(=O)O. The van der Waals surface area contributed by atoms with Crippen molar-refractivity contribution in [2.24, 2.45) is 0 Å². The first-order valence-corrected chi connectivity index (χ1v) is 6.41. The molecule has 102 valence electrons. The first kappa shape index (κ1) is 16.3. The van der Waals surface area contributed by atoms with Crippen LogP contribution < -0.4 is 0 Å². The zero-order valence-corrected chi connectivity index (χ0v) is 10.6. The topological polar surface area (TPSA) is 118 Å². The highest BCUT2D eigenvalue weighted by molar-refractivity contribution is 7.90. The average Bonchev–Trinajstić information content (AvgIpc) is 2.22. The maximum absolute atomic E-state index is 11.5. The zero-order valence-electron chi connectivity index (χ0n) is 9.75. The Bertz CT molecular complexity index is 472. The lowest BCUT2D eigenvalue weighted by Crippen LogP contribution is -2.20. The number of carboxylic acids is 1. The van der Waals surface area contributed by atoms with Gasteiger partial charge in [0.05, 0.1) is 5.57 Å². The third-order valence-electron chi connectivity index (χ3n) is 1.80. The summed E-state index contributed by atoms with van der Waals surface area (Å²) in [7, 11) is -5.00. The predicted molar refractivity (Wildman–Crippen MR) is 62.3 cm³/mol. The highest BCUT2D eigenvalue weighted by atomic mass is 32.2. The molecule has 18 heavy (non-hydrogen) atoms. The van der Waals surface area contributed by atoms with E-state index in [2.05, 4.69) is 11.3 Å². The van der Waals surface area contributed by atoms with Gasteiger partial charge < -0.3 is 9.84 Å². The van der Waals surface area contributed by atoms with Gasteiger partial charge in [-0.05, 0) is 6.42 Å². The molecule has 0 spiro atoms. The molecule has 8 heteroatoms. The lowest BCUT2D eigenvalue weighted by Gasteiger charge is -2.08. The van der Waals surface area contributed by atoms with Crippen LogP contribution in [0.25, 0.3) is 0 Å². The molecule has 0 aromatic heterocycles. The van der Waals surface area contributed by atoms with Crippen molar-refractivity contribution in [3.05, 3.63) is 23.1 Å². The first-order chi connectivity index (χ1) is 8.25. The summed E-state index contributed by atoms with van der Waals surface area (Å²) < 4.78 is 35.3. The van der Waals surface area contributed by atoms with Gasteiger partial charge in [0, 0.05) is 0 Å².